The molecule has 1 saturated heterocycles. The number of hydrogen-bond donors (Lipinski definition) is 2. The van der Waals surface area contributed by atoms with Crippen molar-refractivity contribution in [2.24, 2.45) is 0 Å². The van der Waals surface area contributed by atoms with Crippen LogP contribution >= 0.6 is 11.6 Å². The molecule has 2 rings (SSSR count). The van der Waals surface area contributed by atoms with Crippen molar-refractivity contribution in [3.8, 4) is 0 Å². The summed E-state index contributed by atoms with van der Waals surface area (Å²) in [5.41, 5.74) is -0.131. The smallest absolute Gasteiger partial charge is 0.329 e. The van der Waals surface area contributed by atoms with E-state index < -0.39 is 11.5 Å². The summed E-state index contributed by atoms with van der Waals surface area (Å²) in [4.78, 5) is 14.0. The third-order valence-corrected chi connectivity index (χ3v) is 4.23. The van der Waals surface area contributed by atoms with E-state index in [0.717, 1.165) is 18.8 Å². The van der Waals surface area contributed by atoms with E-state index >= 15 is 0 Å². The highest BCUT2D eigenvalue weighted by Crippen LogP contribution is 2.29. The molecule has 0 unspecified atom stereocenters. The zero-order chi connectivity index (χ0) is 14.8. The zero-order valence-corrected chi connectivity index (χ0v) is 12.7. The Balaban J connectivity index is 2.14. The minimum Gasteiger partial charge on any atom is -0.480 e. The predicted molar refractivity (Wildman–Crippen MR) is 81.4 cm³/mol. The van der Waals surface area contributed by atoms with Gasteiger partial charge < -0.3 is 15.3 Å². The Labute approximate surface area is 124 Å². The number of carboxylic acid groups (broad SMARTS) is 1. The fraction of sp³-hybridized carbons (Fsp3) is 0.533. The van der Waals surface area contributed by atoms with Gasteiger partial charge in [-0.15, -0.1) is 0 Å². The second-order valence-corrected chi connectivity index (χ2v) is 6.09. The van der Waals surface area contributed by atoms with E-state index in [4.69, 9.17) is 11.6 Å². The molecule has 1 aromatic rings. The van der Waals surface area contributed by atoms with Crippen molar-refractivity contribution in [2.75, 3.05) is 18.4 Å². The quantitative estimate of drug-likeness (QED) is 0.896. The van der Waals surface area contributed by atoms with Crippen molar-refractivity contribution >= 4 is 23.3 Å². The number of anilines is 1. The van der Waals surface area contributed by atoms with Crippen LogP contribution < -0.4 is 5.32 Å². The van der Waals surface area contributed by atoms with Crippen LogP contribution in [0.5, 0.6) is 0 Å². The molecule has 0 saturated carbocycles. The fourth-order valence-corrected chi connectivity index (χ4v) is 2.85. The van der Waals surface area contributed by atoms with Gasteiger partial charge in [0.15, 0.2) is 0 Å². The van der Waals surface area contributed by atoms with E-state index in [1.54, 1.807) is 12.1 Å². The van der Waals surface area contributed by atoms with Crippen molar-refractivity contribution in [1.29, 1.82) is 0 Å². The number of rotatable bonds is 4. The van der Waals surface area contributed by atoms with Gasteiger partial charge in [-0.3, -0.25) is 0 Å². The predicted octanol–water partition coefficient (Wildman–Crippen LogP) is 3.08. The fourth-order valence-electron chi connectivity index (χ4n) is 2.66. The number of halogens is 1. The summed E-state index contributed by atoms with van der Waals surface area (Å²) in [6.07, 6.45) is 1.18. The lowest BCUT2D eigenvalue weighted by Crippen LogP contribution is -2.55. The number of nitrogens with zero attached hydrogens (tertiary/aromatic N) is 1. The molecule has 0 aliphatic carbocycles. The number of nitrogens with one attached hydrogen (secondary N) is 1. The molecule has 1 aliphatic heterocycles. The van der Waals surface area contributed by atoms with Crippen LogP contribution in [0.3, 0.4) is 0 Å². The Morgan fingerprint density at radius 1 is 1.40 bits per heavy atom. The summed E-state index contributed by atoms with van der Waals surface area (Å²) >= 11 is 5.96. The molecule has 0 spiro atoms. The zero-order valence-electron chi connectivity index (χ0n) is 11.9. The summed E-state index contributed by atoms with van der Waals surface area (Å²) in [5.74, 6) is -0.791. The first-order valence-corrected chi connectivity index (χ1v) is 7.32. The number of hydrogen-bond acceptors (Lipinski definition) is 3. The monoisotopic (exact) mass is 296 g/mol. The van der Waals surface area contributed by atoms with Gasteiger partial charge in [0.25, 0.3) is 0 Å². The summed E-state index contributed by atoms with van der Waals surface area (Å²) in [5, 5.41) is 13.4. The minimum atomic E-state index is -0.893. The van der Waals surface area contributed by atoms with Gasteiger partial charge in [-0.05, 0) is 44.9 Å². The summed E-state index contributed by atoms with van der Waals surface area (Å²) in [6.45, 7) is 5.85. The van der Waals surface area contributed by atoms with Crippen molar-refractivity contribution in [1.82, 2.24) is 4.90 Å². The van der Waals surface area contributed by atoms with E-state index in [1.165, 1.54) is 0 Å². The Bertz CT molecular complexity index is 483. The minimum absolute atomic E-state index is 0.452. The second kappa shape index (κ2) is 6.02. The van der Waals surface area contributed by atoms with Gasteiger partial charge >= 0.3 is 5.97 Å². The Morgan fingerprint density at radius 2 is 2.05 bits per heavy atom. The molecule has 110 valence electrons. The SMILES string of the molecule is CC(C)N1CCC(Nc2cccc(Cl)c2)(C(=O)O)CC1. The number of aliphatic carboxylic acids is 1. The largest absolute Gasteiger partial charge is 0.480 e. The normalized spacial score (nSPS) is 19.0. The van der Waals surface area contributed by atoms with Crippen molar-refractivity contribution in [3.05, 3.63) is 29.3 Å². The maximum atomic E-state index is 11.7. The molecule has 1 heterocycles. The average Bonchev–Trinajstić information content (AvgIpc) is 2.39. The highest BCUT2D eigenvalue weighted by molar-refractivity contribution is 6.30. The van der Waals surface area contributed by atoms with Crippen LogP contribution in [0, 0.1) is 0 Å². The number of carbonyl (C=O) groups is 1. The van der Waals surface area contributed by atoms with E-state index in [0.29, 0.717) is 23.9 Å². The Morgan fingerprint density at radius 3 is 2.55 bits per heavy atom. The Kier molecular flexibility index (Phi) is 4.55. The van der Waals surface area contributed by atoms with Crippen molar-refractivity contribution in [3.63, 3.8) is 0 Å². The average molecular weight is 297 g/mol. The first-order chi connectivity index (χ1) is 9.43. The van der Waals surface area contributed by atoms with Gasteiger partial charge in [0.1, 0.15) is 5.54 Å². The van der Waals surface area contributed by atoms with Gasteiger partial charge in [0.2, 0.25) is 0 Å². The van der Waals surface area contributed by atoms with Crippen molar-refractivity contribution in [2.45, 2.75) is 38.3 Å². The van der Waals surface area contributed by atoms with Crippen LogP contribution in [-0.2, 0) is 4.79 Å². The number of carboxylic acids is 1. The van der Waals surface area contributed by atoms with Crippen LogP contribution in [0.15, 0.2) is 24.3 Å². The number of piperidine rings is 1. The summed E-state index contributed by atoms with van der Waals surface area (Å²) < 4.78 is 0. The lowest BCUT2D eigenvalue weighted by atomic mass is 9.86. The van der Waals surface area contributed by atoms with Gasteiger partial charge in [0, 0.05) is 29.8 Å². The molecular formula is C15H21ClN2O2. The molecule has 0 aromatic heterocycles. The molecule has 0 amide bonds. The lowest BCUT2D eigenvalue weighted by molar-refractivity contribution is -0.144. The Hall–Kier alpha value is -1.26. The van der Waals surface area contributed by atoms with Crippen LogP contribution in [0.25, 0.3) is 0 Å². The molecule has 0 radical (unpaired) electrons. The van der Waals surface area contributed by atoms with Gasteiger partial charge in [0.05, 0.1) is 0 Å². The van der Waals surface area contributed by atoms with Gasteiger partial charge in [-0.1, -0.05) is 17.7 Å². The van der Waals surface area contributed by atoms with Crippen molar-refractivity contribution < 1.29 is 9.90 Å². The standard InChI is InChI=1S/C15H21ClN2O2/c1-11(2)18-8-6-15(7-9-18,14(19)20)17-13-5-3-4-12(16)10-13/h3-5,10-11,17H,6-9H2,1-2H3,(H,19,20). The highest BCUT2D eigenvalue weighted by Gasteiger charge is 2.41. The molecule has 1 aromatic carbocycles. The molecule has 1 aliphatic rings. The van der Waals surface area contributed by atoms with E-state index in [9.17, 15) is 9.90 Å². The molecule has 0 bridgehead atoms. The van der Waals surface area contributed by atoms with E-state index in [2.05, 4.69) is 24.1 Å². The molecule has 4 nitrogen and oxygen atoms in total. The molecular weight excluding hydrogens is 276 g/mol. The van der Waals surface area contributed by atoms with Crippen LogP contribution in [-0.4, -0.2) is 40.6 Å². The maximum absolute atomic E-state index is 11.7. The van der Waals surface area contributed by atoms with E-state index in [-0.39, 0.29) is 0 Å². The van der Waals surface area contributed by atoms with Gasteiger partial charge in [-0.25, -0.2) is 4.79 Å². The van der Waals surface area contributed by atoms with Crippen LogP contribution in [0.2, 0.25) is 5.02 Å². The maximum Gasteiger partial charge on any atom is 0.329 e. The lowest BCUT2D eigenvalue weighted by Gasteiger charge is -2.41. The number of likely N-dealkylation sites (tertiary alicyclic amines) is 1. The third kappa shape index (κ3) is 3.25. The van der Waals surface area contributed by atoms with Crippen LogP contribution in [0.1, 0.15) is 26.7 Å². The third-order valence-electron chi connectivity index (χ3n) is 4.00. The number of benzene rings is 1. The molecule has 20 heavy (non-hydrogen) atoms. The summed E-state index contributed by atoms with van der Waals surface area (Å²) in [7, 11) is 0. The topological polar surface area (TPSA) is 52.6 Å². The first kappa shape index (κ1) is 15.1. The molecule has 2 N–H and O–H groups in total. The molecule has 0 atom stereocenters. The van der Waals surface area contributed by atoms with Crippen LogP contribution in [0.4, 0.5) is 5.69 Å². The second-order valence-electron chi connectivity index (χ2n) is 5.65. The summed E-state index contributed by atoms with van der Waals surface area (Å²) in [6, 6.07) is 7.67. The molecule has 1 fully saturated rings. The molecule has 5 heteroatoms. The van der Waals surface area contributed by atoms with E-state index in [1.807, 2.05) is 12.1 Å². The first-order valence-electron chi connectivity index (χ1n) is 6.94. The van der Waals surface area contributed by atoms with Gasteiger partial charge in [-0.2, -0.15) is 0 Å². The highest BCUT2D eigenvalue weighted by atomic mass is 35.5.